The van der Waals surface area contributed by atoms with Crippen molar-refractivity contribution in [1.29, 1.82) is 0 Å². The van der Waals surface area contributed by atoms with E-state index in [0.717, 1.165) is 42.2 Å². The van der Waals surface area contributed by atoms with Gasteiger partial charge < -0.3 is 15.1 Å². The minimum absolute atomic E-state index is 0.228. The maximum absolute atomic E-state index is 12.5. The highest BCUT2D eigenvalue weighted by atomic mass is 79.9. The molecule has 0 atom stereocenters. The smallest absolute Gasteiger partial charge is 0.274 e. The summed E-state index contributed by atoms with van der Waals surface area (Å²) in [5.41, 5.74) is 1.11. The number of rotatable bonds is 3. The third kappa shape index (κ3) is 4.10. The van der Waals surface area contributed by atoms with Gasteiger partial charge in [0, 0.05) is 42.4 Å². The third-order valence-corrected chi connectivity index (χ3v) is 4.46. The van der Waals surface area contributed by atoms with Crippen molar-refractivity contribution in [1.82, 2.24) is 14.9 Å². The molecule has 6 nitrogen and oxygen atoms in total. The Morgan fingerprint density at radius 3 is 2.62 bits per heavy atom. The van der Waals surface area contributed by atoms with E-state index >= 15 is 0 Å². The number of halogens is 1. The number of piperazine rings is 1. The highest BCUT2D eigenvalue weighted by molar-refractivity contribution is 9.10. The molecule has 0 unspecified atom stereocenters. The Balaban J connectivity index is 1.79. The van der Waals surface area contributed by atoms with Gasteiger partial charge in [-0.3, -0.25) is 4.79 Å². The Kier molecular flexibility index (Phi) is 5.11. The van der Waals surface area contributed by atoms with Gasteiger partial charge in [0.25, 0.3) is 5.91 Å². The van der Waals surface area contributed by atoms with Crippen LogP contribution in [0, 0.1) is 6.92 Å². The number of amides is 1. The molecule has 2 aromatic rings. The molecule has 2 heterocycles. The largest absolute Gasteiger partial charge is 0.354 e. The average molecular weight is 390 g/mol. The van der Waals surface area contributed by atoms with E-state index in [1.54, 1.807) is 6.07 Å². The summed E-state index contributed by atoms with van der Waals surface area (Å²) in [7, 11) is 2.11. The SMILES string of the molecule is Cc1nc(C(=O)Nc2cccc(Br)c2)cc(N2CCN(C)CC2)n1. The van der Waals surface area contributed by atoms with Gasteiger partial charge in [0.2, 0.25) is 0 Å². The predicted molar refractivity (Wildman–Crippen MR) is 98.6 cm³/mol. The number of nitrogens with one attached hydrogen (secondary N) is 1. The molecule has 0 bridgehead atoms. The number of nitrogens with zero attached hydrogens (tertiary/aromatic N) is 4. The van der Waals surface area contributed by atoms with Gasteiger partial charge >= 0.3 is 0 Å². The van der Waals surface area contributed by atoms with E-state index in [0.29, 0.717) is 11.5 Å². The number of likely N-dealkylation sites (N-methyl/N-ethyl adjacent to an activating group) is 1. The van der Waals surface area contributed by atoms with Crippen LogP contribution in [0.3, 0.4) is 0 Å². The number of aromatic nitrogens is 2. The standard InChI is InChI=1S/C17H20BrN5O/c1-12-19-15(17(24)21-14-5-3-4-13(18)10-14)11-16(20-12)23-8-6-22(2)7-9-23/h3-5,10-11H,6-9H2,1-2H3,(H,21,24). The van der Waals surface area contributed by atoms with Crippen LogP contribution in [0.5, 0.6) is 0 Å². The molecule has 1 N–H and O–H groups in total. The first-order valence-electron chi connectivity index (χ1n) is 7.87. The summed E-state index contributed by atoms with van der Waals surface area (Å²) in [6.07, 6.45) is 0. The molecule has 24 heavy (non-hydrogen) atoms. The zero-order chi connectivity index (χ0) is 17.1. The van der Waals surface area contributed by atoms with E-state index in [-0.39, 0.29) is 5.91 Å². The fourth-order valence-corrected chi connectivity index (χ4v) is 3.03. The quantitative estimate of drug-likeness (QED) is 0.873. The lowest BCUT2D eigenvalue weighted by Crippen LogP contribution is -2.45. The Labute approximate surface area is 150 Å². The van der Waals surface area contributed by atoms with Crippen LogP contribution in [-0.4, -0.2) is 54.0 Å². The second kappa shape index (κ2) is 7.27. The fraction of sp³-hybridized carbons (Fsp3) is 0.353. The van der Waals surface area contributed by atoms with Gasteiger partial charge in [0.15, 0.2) is 0 Å². The number of anilines is 2. The van der Waals surface area contributed by atoms with Crippen LogP contribution in [0.2, 0.25) is 0 Å². The van der Waals surface area contributed by atoms with E-state index in [2.05, 4.69) is 48.1 Å². The molecule has 0 radical (unpaired) electrons. The van der Waals surface area contributed by atoms with Crippen molar-refractivity contribution < 1.29 is 4.79 Å². The summed E-state index contributed by atoms with van der Waals surface area (Å²) in [6.45, 7) is 5.60. The zero-order valence-electron chi connectivity index (χ0n) is 13.8. The minimum atomic E-state index is -0.228. The molecule has 1 aromatic heterocycles. The molecule has 1 fully saturated rings. The van der Waals surface area contributed by atoms with Gasteiger partial charge in [-0.15, -0.1) is 0 Å². The molecule has 1 aliphatic rings. The summed E-state index contributed by atoms with van der Waals surface area (Å²) in [5.74, 6) is 1.19. The number of benzene rings is 1. The van der Waals surface area contributed by atoms with Gasteiger partial charge in [-0.05, 0) is 32.2 Å². The Hall–Kier alpha value is -1.99. The number of carbonyl (C=O) groups is 1. The maximum Gasteiger partial charge on any atom is 0.274 e. The van der Waals surface area contributed by atoms with Crippen LogP contribution in [0.1, 0.15) is 16.3 Å². The number of hydrogen-bond acceptors (Lipinski definition) is 5. The van der Waals surface area contributed by atoms with Crippen molar-refractivity contribution in [2.45, 2.75) is 6.92 Å². The lowest BCUT2D eigenvalue weighted by atomic mass is 10.2. The molecule has 1 saturated heterocycles. The molecular weight excluding hydrogens is 370 g/mol. The van der Waals surface area contributed by atoms with E-state index in [1.165, 1.54) is 0 Å². The molecular formula is C17H20BrN5O. The van der Waals surface area contributed by atoms with E-state index in [4.69, 9.17) is 0 Å². The van der Waals surface area contributed by atoms with Crippen molar-refractivity contribution >= 4 is 33.3 Å². The number of carbonyl (C=O) groups excluding carboxylic acids is 1. The second-order valence-corrected chi connectivity index (χ2v) is 6.83. The molecule has 1 amide bonds. The van der Waals surface area contributed by atoms with Crippen molar-refractivity contribution in [2.75, 3.05) is 43.4 Å². The Morgan fingerprint density at radius 2 is 1.92 bits per heavy atom. The van der Waals surface area contributed by atoms with Crippen LogP contribution < -0.4 is 10.2 Å². The average Bonchev–Trinajstić information content (AvgIpc) is 2.55. The van der Waals surface area contributed by atoms with E-state index < -0.39 is 0 Å². The highest BCUT2D eigenvalue weighted by Gasteiger charge is 2.18. The first-order valence-corrected chi connectivity index (χ1v) is 8.66. The first kappa shape index (κ1) is 16.9. The van der Waals surface area contributed by atoms with Crippen molar-refractivity contribution in [3.63, 3.8) is 0 Å². The summed E-state index contributed by atoms with van der Waals surface area (Å²) in [4.78, 5) is 25.8. The Morgan fingerprint density at radius 1 is 1.17 bits per heavy atom. The van der Waals surface area contributed by atoms with Gasteiger partial charge in [-0.2, -0.15) is 0 Å². The van der Waals surface area contributed by atoms with Gasteiger partial charge in [0.05, 0.1) is 0 Å². The molecule has 0 aliphatic carbocycles. The summed E-state index contributed by atoms with van der Waals surface area (Å²) in [5, 5.41) is 2.88. The van der Waals surface area contributed by atoms with Crippen LogP contribution >= 0.6 is 15.9 Å². The summed E-state index contributed by atoms with van der Waals surface area (Å²) in [6, 6.07) is 9.26. The fourth-order valence-electron chi connectivity index (χ4n) is 2.63. The third-order valence-electron chi connectivity index (χ3n) is 3.97. The van der Waals surface area contributed by atoms with Crippen molar-refractivity contribution in [2.24, 2.45) is 0 Å². The van der Waals surface area contributed by atoms with E-state index in [9.17, 15) is 4.79 Å². The van der Waals surface area contributed by atoms with Crippen molar-refractivity contribution in [3.8, 4) is 0 Å². The molecule has 126 valence electrons. The van der Waals surface area contributed by atoms with Crippen LogP contribution in [0.15, 0.2) is 34.8 Å². The van der Waals surface area contributed by atoms with Crippen molar-refractivity contribution in [3.05, 3.63) is 46.3 Å². The molecule has 0 spiro atoms. The summed E-state index contributed by atoms with van der Waals surface area (Å²) < 4.78 is 0.914. The molecule has 1 aliphatic heterocycles. The van der Waals surface area contributed by atoms with Gasteiger partial charge in [-0.1, -0.05) is 22.0 Å². The van der Waals surface area contributed by atoms with Gasteiger partial charge in [0.1, 0.15) is 17.3 Å². The normalized spacial score (nSPS) is 15.4. The minimum Gasteiger partial charge on any atom is -0.354 e. The molecule has 1 aromatic carbocycles. The lowest BCUT2D eigenvalue weighted by Gasteiger charge is -2.33. The topological polar surface area (TPSA) is 61.4 Å². The van der Waals surface area contributed by atoms with Crippen LogP contribution in [0.4, 0.5) is 11.5 Å². The molecule has 3 rings (SSSR count). The molecule has 0 saturated carbocycles. The monoisotopic (exact) mass is 389 g/mol. The number of aryl methyl sites for hydroxylation is 1. The highest BCUT2D eigenvalue weighted by Crippen LogP contribution is 2.18. The van der Waals surface area contributed by atoms with Crippen LogP contribution in [-0.2, 0) is 0 Å². The predicted octanol–water partition coefficient (Wildman–Crippen LogP) is 2.55. The zero-order valence-corrected chi connectivity index (χ0v) is 15.4. The maximum atomic E-state index is 12.5. The number of hydrogen-bond donors (Lipinski definition) is 1. The summed E-state index contributed by atoms with van der Waals surface area (Å²) >= 11 is 3.40. The van der Waals surface area contributed by atoms with E-state index in [1.807, 2.05) is 31.2 Å². The lowest BCUT2D eigenvalue weighted by molar-refractivity contribution is 0.102. The van der Waals surface area contributed by atoms with Gasteiger partial charge in [-0.25, -0.2) is 9.97 Å². The second-order valence-electron chi connectivity index (χ2n) is 5.91. The molecule has 7 heteroatoms. The van der Waals surface area contributed by atoms with Crippen LogP contribution in [0.25, 0.3) is 0 Å². The Bertz CT molecular complexity index is 744. The first-order chi connectivity index (χ1) is 11.5.